The molecule has 0 radical (unpaired) electrons. The number of H-pyrrole nitrogens is 1. The molecule has 1 heterocycles. The first kappa shape index (κ1) is 18.9. The number of ether oxygens (including phenoxy) is 1. The van der Waals surface area contributed by atoms with Gasteiger partial charge in [0.1, 0.15) is 5.75 Å². The molecule has 0 unspecified atom stereocenters. The van der Waals surface area contributed by atoms with Gasteiger partial charge in [-0.2, -0.15) is 0 Å². The molecule has 0 saturated heterocycles. The van der Waals surface area contributed by atoms with E-state index in [4.69, 9.17) is 4.74 Å². The van der Waals surface area contributed by atoms with E-state index in [0.717, 1.165) is 25.3 Å². The molecule has 124 valence electrons. The summed E-state index contributed by atoms with van der Waals surface area (Å²) in [5, 5.41) is 4.83. The Morgan fingerprint density at radius 3 is 2.68 bits per heavy atom. The summed E-state index contributed by atoms with van der Waals surface area (Å²) in [6.45, 7) is 4.51. The number of hydrogen-bond donors (Lipinski definition) is 2. The second-order valence-corrected chi connectivity index (χ2v) is 5.64. The molecule has 22 heavy (non-hydrogen) atoms. The number of halogens is 1. The molecule has 2 rings (SSSR count). The Morgan fingerprint density at radius 1 is 1.09 bits per heavy atom. The quantitative estimate of drug-likeness (QED) is 0.621. The highest BCUT2D eigenvalue weighted by Crippen LogP contribution is 2.24. The Bertz CT molecular complexity index is 539. The van der Waals surface area contributed by atoms with Gasteiger partial charge in [0.05, 0.1) is 7.11 Å². The average molecular weight is 325 g/mol. The average Bonchev–Trinajstić information content (AvgIpc) is 2.92. The molecule has 3 nitrogen and oxygen atoms in total. The molecular formula is C18H29ClN2O. The highest BCUT2D eigenvalue weighted by molar-refractivity contribution is 5.85. The number of aromatic amines is 1. The van der Waals surface area contributed by atoms with Crippen LogP contribution in [0.3, 0.4) is 0 Å². The fourth-order valence-electron chi connectivity index (χ4n) is 2.70. The van der Waals surface area contributed by atoms with Crippen molar-refractivity contribution in [2.24, 2.45) is 0 Å². The van der Waals surface area contributed by atoms with Gasteiger partial charge in [0.25, 0.3) is 0 Å². The van der Waals surface area contributed by atoms with E-state index in [1.807, 2.05) is 6.07 Å². The van der Waals surface area contributed by atoms with Gasteiger partial charge in [0.15, 0.2) is 0 Å². The summed E-state index contributed by atoms with van der Waals surface area (Å²) in [6, 6.07) is 6.21. The predicted molar refractivity (Wildman–Crippen MR) is 97.4 cm³/mol. The standard InChI is InChI=1S/C18H28N2O.ClH/c1-3-4-5-6-11-19-12-7-8-15-14-20-18-10-9-16(21-2)13-17(15)18;/h9-10,13-14,19-20H,3-8,11-12H2,1-2H3;1H. The number of aromatic nitrogens is 1. The zero-order valence-corrected chi connectivity index (χ0v) is 14.6. The first-order valence-electron chi connectivity index (χ1n) is 8.20. The van der Waals surface area contributed by atoms with Gasteiger partial charge in [-0.25, -0.2) is 0 Å². The van der Waals surface area contributed by atoms with Gasteiger partial charge in [-0.3, -0.25) is 0 Å². The molecule has 0 spiro atoms. The number of rotatable bonds is 10. The minimum absolute atomic E-state index is 0. The lowest BCUT2D eigenvalue weighted by Crippen LogP contribution is -2.17. The number of methoxy groups -OCH3 is 1. The first-order valence-corrected chi connectivity index (χ1v) is 8.20. The lowest BCUT2D eigenvalue weighted by molar-refractivity contribution is 0.415. The fraction of sp³-hybridized carbons (Fsp3) is 0.556. The van der Waals surface area contributed by atoms with Crippen LogP contribution in [0.5, 0.6) is 5.75 Å². The van der Waals surface area contributed by atoms with Crippen LogP contribution in [0.25, 0.3) is 10.9 Å². The Kier molecular flexibility index (Phi) is 9.02. The van der Waals surface area contributed by atoms with E-state index >= 15 is 0 Å². The molecule has 2 N–H and O–H groups in total. The van der Waals surface area contributed by atoms with Crippen LogP contribution in [0.2, 0.25) is 0 Å². The van der Waals surface area contributed by atoms with Crippen molar-refractivity contribution in [3.63, 3.8) is 0 Å². The van der Waals surface area contributed by atoms with E-state index in [-0.39, 0.29) is 12.4 Å². The first-order chi connectivity index (χ1) is 10.3. The maximum absolute atomic E-state index is 5.31. The predicted octanol–water partition coefficient (Wildman–Crippen LogP) is 4.70. The number of fused-ring (bicyclic) bond motifs is 1. The van der Waals surface area contributed by atoms with Crippen LogP contribution in [0.1, 0.15) is 44.6 Å². The van der Waals surface area contributed by atoms with Crippen molar-refractivity contribution in [1.29, 1.82) is 0 Å². The van der Waals surface area contributed by atoms with Crippen LogP contribution in [-0.4, -0.2) is 25.2 Å². The molecule has 0 fully saturated rings. The Hall–Kier alpha value is -1.19. The zero-order valence-electron chi connectivity index (χ0n) is 13.8. The second-order valence-electron chi connectivity index (χ2n) is 5.64. The van der Waals surface area contributed by atoms with E-state index in [0.29, 0.717) is 0 Å². The van der Waals surface area contributed by atoms with Gasteiger partial charge in [-0.05, 0) is 56.1 Å². The molecule has 4 heteroatoms. The van der Waals surface area contributed by atoms with Crippen molar-refractivity contribution in [3.8, 4) is 5.75 Å². The molecule has 1 aromatic carbocycles. The molecule has 0 amide bonds. The SMILES string of the molecule is CCCCCCNCCCc1c[nH]c2ccc(OC)cc12.Cl. The van der Waals surface area contributed by atoms with E-state index in [1.165, 1.54) is 48.6 Å². The van der Waals surface area contributed by atoms with Gasteiger partial charge < -0.3 is 15.0 Å². The van der Waals surface area contributed by atoms with Crippen molar-refractivity contribution in [2.45, 2.75) is 45.4 Å². The molecule has 0 saturated carbocycles. The van der Waals surface area contributed by atoms with Crippen molar-refractivity contribution >= 4 is 23.3 Å². The maximum Gasteiger partial charge on any atom is 0.119 e. The van der Waals surface area contributed by atoms with Crippen LogP contribution < -0.4 is 10.1 Å². The zero-order chi connectivity index (χ0) is 14.9. The molecule has 2 aromatic rings. The second kappa shape index (κ2) is 10.5. The number of aryl methyl sites for hydroxylation is 1. The normalized spacial score (nSPS) is 10.6. The lowest BCUT2D eigenvalue weighted by atomic mass is 10.1. The van der Waals surface area contributed by atoms with Crippen LogP contribution >= 0.6 is 12.4 Å². The van der Waals surface area contributed by atoms with E-state index in [2.05, 4.69) is 35.6 Å². The van der Waals surface area contributed by atoms with Gasteiger partial charge in [0, 0.05) is 17.1 Å². The molecule has 0 atom stereocenters. The number of benzene rings is 1. The fourth-order valence-corrected chi connectivity index (χ4v) is 2.70. The van der Waals surface area contributed by atoms with Crippen molar-refractivity contribution in [1.82, 2.24) is 10.3 Å². The summed E-state index contributed by atoms with van der Waals surface area (Å²) in [6.07, 6.45) is 9.74. The van der Waals surface area contributed by atoms with Crippen LogP contribution in [-0.2, 0) is 6.42 Å². The monoisotopic (exact) mass is 324 g/mol. The van der Waals surface area contributed by atoms with Crippen LogP contribution in [0.15, 0.2) is 24.4 Å². The van der Waals surface area contributed by atoms with Gasteiger partial charge in [0.2, 0.25) is 0 Å². The third-order valence-corrected chi connectivity index (χ3v) is 3.98. The van der Waals surface area contributed by atoms with E-state index in [1.54, 1.807) is 7.11 Å². The van der Waals surface area contributed by atoms with Crippen molar-refractivity contribution in [3.05, 3.63) is 30.0 Å². The van der Waals surface area contributed by atoms with Gasteiger partial charge in [-0.1, -0.05) is 26.2 Å². The molecule has 0 aliphatic rings. The maximum atomic E-state index is 5.31. The topological polar surface area (TPSA) is 37.0 Å². The van der Waals surface area contributed by atoms with E-state index in [9.17, 15) is 0 Å². The van der Waals surface area contributed by atoms with Crippen LogP contribution in [0, 0.1) is 0 Å². The van der Waals surface area contributed by atoms with Crippen LogP contribution in [0.4, 0.5) is 0 Å². The number of unbranched alkanes of at least 4 members (excludes halogenated alkanes) is 3. The highest BCUT2D eigenvalue weighted by atomic mass is 35.5. The summed E-state index contributed by atoms with van der Waals surface area (Å²) < 4.78 is 5.31. The summed E-state index contributed by atoms with van der Waals surface area (Å²) in [5.74, 6) is 0.928. The minimum Gasteiger partial charge on any atom is -0.497 e. The summed E-state index contributed by atoms with van der Waals surface area (Å²) in [7, 11) is 1.72. The Labute approximate surface area is 140 Å². The lowest BCUT2D eigenvalue weighted by Gasteiger charge is -2.05. The molecule has 1 aromatic heterocycles. The van der Waals surface area contributed by atoms with Crippen molar-refractivity contribution in [2.75, 3.05) is 20.2 Å². The molecular weight excluding hydrogens is 296 g/mol. The highest BCUT2D eigenvalue weighted by Gasteiger charge is 2.04. The molecule has 0 aliphatic carbocycles. The third kappa shape index (κ3) is 5.54. The van der Waals surface area contributed by atoms with Gasteiger partial charge >= 0.3 is 0 Å². The summed E-state index contributed by atoms with van der Waals surface area (Å²) >= 11 is 0. The van der Waals surface area contributed by atoms with Gasteiger partial charge in [-0.15, -0.1) is 12.4 Å². The molecule has 0 aliphatic heterocycles. The summed E-state index contributed by atoms with van der Waals surface area (Å²) in [4.78, 5) is 3.34. The number of nitrogens with one attached hydrogen (secondary N) is 2. The third-order valence-electron chi connectivity index (χ3n) is 3.98. The van der Waals surface area contributed by atoms with E-state index < -0.39 is 0 Å². The summed E-state index contributed by atoms with van der Waals surface area (Å²) in [5.41, 5.74) is 2.58. The Balaban J connectivity index is 0.00000242. The largest absolute Gasteiger partial charge is 0.497 e. The molecule has 0 bridgehead atoms. The smallest absolute Gasteiger partial charge is 0.119 e. The minimum atomic E-state index is 0. The Morgan fingerprint density at radius 2 is 1.91 bits per heavy atom. The van der Waals surface area contributed by atoms with Crippen molar-refractivity contribution < 1.29 is 4.74 Å². The number of hydrogen-bond acceptors (Lipinski definition) is 2.